The fraction of sp³-hybridized carbons (Fsp3) is 0.611. The molecule has 3 heteroatoms. The molecule has 2 fully saturated rings. The Labute approximate surface area is 128 Å². The van der Waals surface area contributed by atoms with Crippen molar-refractivity contribution in [1.29, 1.82) is 5.41 Å². The Bertz CT molecular complexity index is 521. The monoisotopic (exact) mass is 285 g/mol. The Morgan fingerprint density at radius 1 is 1.24 bits per heavy atom. The van der Waals surface area contributed by atoms with Gasteiger partial charge in [-0.2, -0.15) is 0 Å². The highest BCUT2D eigenvalue weighted by atomic mass is 15.2. The SMILES string of the molecule is Cc1cc(C(=N)N)ccc1CN1CCCC2CCCCC21. The molecule has 0 radical (unpaired) electrons. The van der Waals surface area contributed by atoms with Crippen molar-refractivity contribution >= 4 is 5.84 Å². The van der Waals surface area contributed by atoms with E-state index in [1.54, 1.807) is 0 Å². The molecular weight excluding hydrogens is 258 g/mol. The lowest BCUT2D eigenvalue weighted by atomic mass is 9.78. The van der Waals surface area contributed by atoms with Gasteiger partial charge >= 0.3 is 0 Å². The lowest BCUT2D eigenvalue weighted by molar-refractivity contribution is 0.0545. The van der Waals surface area contributed by atoms with E-state index in [2.05, 4.69) is 24.0 Å². The van der Waals surface area contributed by atoms with Crippen LogP contribution in [0.4, 0.5) is 0 Å². The molecule has 3 N–H and O–H groups in total. The summed E-state index contributed by atoms with van der Waals surface area (Å²) in [5, 5.41) is 7.54. The first-order valence-electron chi connectivity index (χ1n) is 8.33. The van der Waals surface area contributed by atoms with Gasteiger partial charge in [-0.15, -0.1) is 0 Å². The molecule has 2 atom stereocenters. The minimum absolute atomic E-state index is 0.162. The number of hydrogen-bond acceptors (Lipinski definition) is 2. The molecule has 3 rings (SSSR count). The van der Waals surface area contributed by atoms with Crippen molar-refractivity contribution in [3.8, 4) is 0 Å². The van der Waals surface area contributed by atoms with Crippen molar-refractivity contribution in [2.24, 2.45) is 11.7 Å². The summed E-state index contributed by atoms with van der Waals surface area (Å²) in [6, 6.07) is 7.02. The van der Waals surface area contributed by atoms with Crippen LogP contribution in [0.1, 0.15) is 55.2 Å². The van der Waals surface area contributed by atoms with Crippen LogP contribution in [0.2, 0.25) is 0 Å². The molecule has 1 aliphatic carbocycles. The maximum atomic E-state index is 7.54. The van der Waals surface area contributed by atoms with Gasteiger partial charge in [-0.1, -0.05) is 25.0 Å². The molecule has 1 heterocycles. The van der Waals surface area contributed by atoms with Crippen molar-refractivity contribution < 1.29 is 0 Å². The Balaban J connectivity index is 1.74. The van der Waals surface area contributed by atoms with Gasteiger partial charge in [0.05, 0.1) is 0 Å². The minimum Gasteiger partial charge on any atom is -0.384 e. The summed E-state index contributed by atoms with van der Waals surface area (Å²) in [6.07, 6.45) is 8.44. The molecule has 0 amide bonds. The van der Waals surface area contributed by atoms with Gasteiger partial charge in [0, 0.05) is 18.2 Å². The van der Waals surface area contributed by atoms with Crippen molar-refractivity contribution in [3.63, 3.8) is 0 Å². The smallest absolute Gasteiger partial charge is 0.122 e. The zero-order chi connectivity index (χ0) is 14.8. The van der Waals surface area contributed by atoms with Crippen molar-refractivity contribution in [2.45, 2.75) is 58.0 Å². The first-order valence-corrected chi connectivity index (χ1v) is 8.33. The number of nitrogen functional groups attached to an aromatic ring is 1. The minimum atomic E-state index is 0.162. The van der Waals surface area contributed by atoms with Crippen LogP contribution < -0.4 is 5.73 Å². The van der Waals surface area contributed by atoms with Crippen LogP contribution >= 0.6 is 0 Å². The Morgan fingerprint density at radius 3 is 2.76 bits per heavy atom. The average molecular weight is 285 g/mol. The molecule has 0 bridgehead atoms. The van der Waals surface area contributed by atoms with Crippen LogP contribution in [-0.4, -0.2) is 23.3 Å². The highest BCUT2D eigenvalue weighted by molar-refractivity contribution is 5.95. The van der Waals surface area contributed by atoms with E-state index in [4.69, 9.17) is 11.1 Å². The predicted octanol–water partition coefficient (Wildman–Crippen LogP) is 3.43. The lowest BCUT2D eigenvalue weighted by Gasteiger charge is -2.44. The number of rotatable bonds is 3. The standard InChI is InChI=1S/C18H27N3/c1-13-11-15(18(19)20)8-9-16(13)12-21-10-4-6-14-5-2-3-7-17(14)21/h8-9,11,14,17H,2-7,10,12H2,1H3,(H3,19,20). The molecule has 0 spiro atoms. The van der Waals surface area contributed by atoms with Gasteiger partial charge in [0.15, 0.2) is 0 Å². The van der Waals surface area contributed by atoms with E-state index in [9.17, 15) is 0 Å². The van der Waals surface area contributed by atoms with Crippen LogP contribution in [0.15, 0.2) is 18.2 Å². The highest BCUT2D eigenvalue weighted by Crippen LogP contribution is 2.36. The highest BCUT2D eigenvalue weighted by Gasteiger charge is 2.33. The molecule has 1 saturated heterocycles. The third-order valence-corrected chi connectivity index (χ3v) is 5.39. The Hall–Kier alpha value is -1.35. The summed E-state index contributed by atoms with van der Waals surface area (Å²) in [4.78, 5) is 2.71. The van der Waals surface area contributed by atoms with Crippen molar-refractivity contribution in [3.05, 3.63) is 34.9 Å². The zero-order valence-corrected chi connectivity index (χ0v) is 13.1. The maximum Gasteiger partial charge on any atom is 0.122 e. The summed E-state index contributed by atoms with van der Waals surface area (Å²) in [5.41, 5.74) is 9.07. The third-order valence-electron chi connectivity index (χ3n) is 5.39. The largest absolute Gasteiger partial charge is 0.384 e. The number of likely N-dealkylation sites (tertiary alicyclic amines) is 1. The fourth-order valence-corrected chi connectivity index (χ4v) is 4.18. The van der Waals surface area contributed by atoms with Crippen LogP contribution in [0.3, 0.4) is 0 Å². The lowest BCUT2D eigenvalue weighted by Crippen LogP contribution is -2.46. The predicted molar refractivity (Wildman–Crippen MR) is 87.6 cm³/mol. The van der Waals surface area contributed by atoms with Crippen LogP contribution in [0.25, 0.3) is 0 Å². The van der Waals surface area contributed by atoms with Crippen LogP contribution in [-0.2, 0) is 6.54 Å². The van der Waals surface area contributed by atoms with Gasteiger partial charge in [0.2, 0.25) is 0 Å². The molecule has 1 aromatic rings. The molecule has 3 nitrogen and oxygen atoms in total. The number of amidine groups is 1. The molecule has 21 heavy (non-hydrogen) atoms. The maximum absolute atomic E-state index is 7.54. The molecule has 114 valence electrons. The van der Waals surface area contributed by atoms with E-state index in [0.29, 0.717) is 0 Å². The quantitative estimate of drug-likeness (QED) is 0.660. The fourth-order valence-electron chi connectivity index (χ4n) is 4.18. The van der Waals surface area contributed by atoms with E-state index in [-0.39, 0.29) is 5.84 Å². The first-order chi connectivity index (χ1) is 10.1. The summed E-state index contributed by atoms with van der Waals surface area (Å²) in [5.74, 6) is 1.10. The van der Waals surface area contributed by atoms with E-state index >= 15 is 0 Å². The van der Waals surface area contributed by atoms with Gasteiger partial charge in [-0.05, 0) is 62.3 Å². The first kappa shape index (κ1) is 14.6. The molecule has 2 aliphatic rings. The summed E-state index contributed by atoms with van der Waals surface area (Å²) in [7, 11) is 0. The molecule has 0 aromatic heterocycles. The summed E-state index contributed by atoms with van der Waals surface area (Å²) in [6.45, 7) is 4.45. The van der Waals surface area contributed by atoms with E-state index in [0.717, 1.165) is 24.1 Å². The average Bonchev–Trinajstić information content (AvgIpc) is 2.49. The second-order valence-electron chi connectivity index (χ2n) is 6.78. The number of nitrogens with two attached hydrogens (primary N) is 1. The zero-order valence-electron chi connectivity index (χ0n) is 13.1. The molecule has 1 aromatic carbocycles. The van der Waals surface area contributed by atoms with Gasteiger partial charge in [-0.3, -0.25) is 10.3 Å². The number of aryl methyl sites for hydroxylation is 1. The number of hydrogen-bond donors (Lipinski definition) is 2. The molecule has 1 aliphatic heterocycles. The second-order valence-corrected chi connectivity index (χ2v) is 6.78. The van der Waals surface area contributed by atoms with E-state index < -0.39 is 0 Å². The number of nitrogens with zero attached hydrogens (tertiary/aromatic N) is 1. The normalized spacial score (nSPS) is 26.3. The number of piperidine rings is 1. The van der Waals surface area contributed by atoms with E-state index in [1.165, 1.54) is 56.2 Å². The number of nitrogens with one attached hydrogen (secondary N) is 1. The Kier molecular flexibility index (Phi) is 4.29. The molecular formula is C18H27N3. The Morgan fingerprint density at radius 2 is 2.00 bits per heavy atom. The molecule has 1 saturated carbocycles. The van der Waals surface area contributed by atoms with Crippen LogP contribution in [0, 0.1) is 18.3 Å². The number of benzene rings is 1. The van der Waals surface area contributed by atoms with Gasteiger partial charge < -0.3 is 5.73 Å². The van der Waals surface area contributed by atoms with E-state index in [1.807, 2.05) is 6.07 Å². The van der Waals surface area contributed by atoms with Gasteiger partial charge in [0.1, 0.15) is 5.84 Å². The van der Waals surface area contributed by atoms with Gasteiger partial charge in [0.25, 0.3) is 0 Å². The van der Waals surface area contributed by atoms with Crippen molar-refractivity contribution in [2.75, 3.05) is 6.54 Å². The third kappa shape index (κ3) is 3.13. The second kappa shape index (κ2) is 6.18. The topological polar surface area (TPSA) is 53.1 Å². The number of fused-ring (bicyclic) bond motifs is 1. The van der Waals surface area contributed by atoms with Crippen LogP contribution in [0.5, 0.6) is 0 Å². The van der Waals surface area contributed by atoms with Crippen molar-refractivity contribution in [1.82, 2.24) is 4.90 Å². The summed E-state index contributed by atoms with van der Waals surface area (Å²) >= 11 is 0. The van der Waals surface area contributed by atoms with Gasteiger partial charge in [-0.25, -0.2) is 0 Å². The molecule has 2 unspecified atom stereocenters. The summed E-state index contributed by atoms with van der Waals surface area (Å²) < 4.78 is 0.